The highest BCUT2D eigenvalue weighted by Crippen LogP contribution is 2.46. The Labute approximate surface area is 279 Å². The molecular weight excluding hydrogens is 601 g/mol. The molecule has 236 valence electrons. The molecule has 0 nitrogen and oxygen atoms in total. The van der Waals surface area contributed by atoms with Gasteiger partial charge in [0.1, 0.15) is 0 Å². The molecular formula is C40H56S2Si2. The van der Waals surface area contributed by atoms with Crippen LogP contribution in [0.5, 0.6) is 0 Å². The Kier molecular flexibility index (Phi) is 11.7. The fourth-order valence-electron chi connectivity index (χ4n) is 8.28. The summed E-state index contributed by atoms with van der Waals surface area (Å²) in [6.07, 6.45) is 13.1. The molecule has 2 aromatic heterocycles. The number of unbranched alkanes of at least 4 members (excludes halogenated alkanes) is 4. The molecule has 0 bridgehead atoms. The summed E-state index contributed by atoms with van der Waals surface area (Å²) in [5, 5.41) is 3.73. The second-order valence-corrected chi connectivity index (χ2v) is 28.8. The van der Waals surface area contributed by atoms with E-state index in [0.717, 1.165) is 12.8 Å². The molecule has 0 saturated carbocycles. The number of hydrogen-bond donors (Lipinski definition) is 0. The van der Waals surface area contributed by atoms with E-state index in [1.165, 1.54) is 106 Å². The first-order valence-corrected chi connectivity index (χ1v) is 25.4. The molecule has 1 aliphatic heterocycles. The van der Waals surface area contributed by atoms with Crippen molar-refractivity contribution >= 4 is 48.2 Å². The molecule has 0 aliphatic carbocycles. The van der Waals surface area contributed by atoms with Crippen LogP contribution in [0.3, 0.4) is 0 Å². The van der Waals surface area contributed by atoms with Gasteiger partial charge in [0.15, 0.2) is 0 Å². The van der Waals surface area contributed by atoms with Crippen molar-refractivity contribution in [2.45, 2.75) is 130 Å². The van der Waals surface area contributed by atoms with Crippen LogP contribution < -0.4 is 10.4 Å². The summed E-state index contributed by atoms with van der Waals surface area (Å²) in [6, 6.07) is 31.2. The van der Waals surface area contributed by atoms with E-state index in [4.69, 9.17) is 0 Å². The highest BCUT2D eigenvalue weighted by molar-refractivity contribution is 7.52. The summed E-state index contributed by atoms with van der Waals surface area (Å²) in [7, 11) is -3.79. The van der Waals surface area contributed by atoms with Crippen LogP contribution in [0, 0.1) is 0 Å². The molecule has 0 spiro atoms. The molecule has 0 unspecified atom stereocenters. The molecule has 44 heavy (non-hydrogen) atoms. The van der Waals surface area contributed by atoms with Gasteiger partial charge in [0.2, 0.25) is 0 Å². The number of fused-ring (bicyclic) bond motifs is 3. The van der Waals surface area contributed by atoms with Gasteiger partial charge in [0.25, 0.3) is 0 Å². The molecule has 0 fully saturated rings. The zero-order chi connectivity index (χ0) is 31.2. The number of hydrogen-bond acceptors (Lipinski definition) is 2. The van der Waals surface area contributed by atoms with Crippen LogP contribution >= 0.6 is 22.7 Å². The Bertz CT molecular complexity index is 1380. The van der Waals surface area contributed by atoms with Crippen LogP contribution in [-0.2, 0) is 12.8 Å². The normalized spacial score (nSPS) is 14.9. The Balaban J connectivity index is 1.84. The van der Waals surface area contributed by atoms with Crippen molar-refractivity contribution in [2.24, 2.45) is 0 Å². The van der Waals surface area contributed by atoms with Gasteiger partial charge in [-0.05, 0) is 59.4 Å². The van der Waals surface area contributed by atoms with Gasteiger partial charge in [-0.3, -0.25) is 0 Å². The van der Waals surface area contributed by atoms with Crippen molar-refractivity contribution in [3.63, 3.8) is 0 Å². The molecule has 0 N–H and O–H groups in total. The number of aryl methyl sites for hydroxylation is 2. The van der Waals surface area contributed by atoms with E-state index >= 15 is 0 Å². The van der Waals surface area contributed by atoms with Gasteiger partial charge in [0, 0.05) is 19.5 Å². The Hall–Kier alpha value is -1.73. The van der Waals surface area contributed by atoms with Crippen LogP contribution in [0.1, 0.15) is 103 Å². The standard InChI is InChI=1S/C40H56S2Si2/c1-7-13-25-43(26-14-8-2)39-29-31(37-23-19-33(11-5)41-37)17-21-35(39)36-22-18-32(38-24-20-34(12-6)42-38)30-40(36)44(43,27-15-9-3)28-16-10-4/h17-24,29-30H,7-16,25-28H2,1-6H3. The summed E-state index contributed by atoms with van der Waals surface area (Å²) in [4.78, 5) is 5.95. The van der Waals surface area contributed by atoms with Crippen LogP contribution in [0.15, 0.2) is 60.7 Å². The monoisotopic (exact) mass is 656 g/mol. The fraction of sp³-hybridized carbons (Fsp3) is 0.500. The summed E-state index contributed by atoms with van der Waals surface area (Å²) >= 11 is 4.03. The predicted molar refractivity (Wildman–Crippen MR) is 207 cm³/mol. The molecule has 0 radical (unpaired) electrons. The topological polar surface area (TPSA) is 0 Å². The van der Waals surface area contributed by atoms with Gasteiger partial charge in [-0.1, -0.05) is 164 Å². The van der Waals surface area contributed by atoms with Crippen LogP contribution in [-0.4, -0.2) is 15.2 Å². The number of thiophene rings is 2. The van der Waals surface area contributed by atoms with Crippen molar-refractivity contribution in [3.05, 3.63) is 70.4 Å². The third-order valence-electron chi connectivity index (χ3n) is 10.7. The van der Waals surface area contributed by atoms with Gasteiger partial charge < -0.3 is 0 Å². The predicted octanol–water partition coefficient (Wildman–Crippen LogP) is 12.5. The van der Waals surface area contributed by atoms with E-state index in [0.29, 0.717) is 0 Å². The zero-order valence-electron chi connectivity index (χ0n) is 28.5. The lowest BCUT2D eigenvalue weighted by atomic mass is 10.0. The van der Waals surface area contributed by atoms with E-state index in [2.05, 4.69) is 102 Å². The number of benzene rings is 2. The van der Waals surface area contributed by atoms with Crippen LogP contribution in [0.4, 0.5) is 0 Å². The minimum absolute atomic E-state index is 1.13. The SMILES string of the molecule is CCCC[Si]1(CCCC)c2cc(-c3ccc(CC)s3)ccc2-c2ccc(-c3ccc(CC)s3)cc2[Si]1(CCCC)CCCC. The average Bonchev–Trinajstić information content (AvgIpc) is 3.75. The molecule has 4 aromatic rings. The van der Waals surface area contributed by atoms with E-state index < -0.39 is 15.2 Å². The first kappa shape index (κ1) is 33.6. The Morgan fingerprint density at radius 1 is 0.455 bits per heavy atom. The van der Waals surface area contributed by atoms with Crippen molar-refractivity contribution in [1.29, 1.82) is 0 Å². The maximum absolute atomic E-state index is 2.78. The summed E-state index contributed by atoms with van der Waals surface area (Å²) in [5.74, 6) is 0. The van der Waals surface area contributed by atoms with Gasteiger partial charge in [0.05, 0.1) is 15.2 Å². The van der Waals surface area contributed by atoms with Gasteiger partial charge in [-0.15, -0.1) is 22.7 Å². The first-order chi connectivity index (χ1) is 21.5. The highest BCUT2D eigenvalue weighted by Gasteiger charge is 2.58. The van der Waals surface area contributed by atoms with E-state index in [-0.39, 0.29) is 0 Å². The minimum Gasteiger partial charge on any atom is -0.140 e. The quantitative estimate of drug-likeness (QED) is 0.105. The van der Waals surface area contributed by atoms with Crippen LogP contribution in [0.25, 0.3) is 32.0 Å². The van der Waals surface area contributed by atoms with E-state index in [1.54, 1.807) is 11.1 Å². The Morgan fingerprint density at radius 2 is 0.818 bits per heavy atom. The van der Waals surface area contributed by atoms with E-state index in [1.807, 2.05) is 33.0 Å². The third-order valence-corrected chi connectivity index (χ3v) is 32.9. The molecule has 2 aromatic carbocycles. The summed E-state index contributed by atoms with van der Waals surface area (Å²) in [5.41, 5.74) is 6.19. The molecule has 1 aliphatic rings. The van der Waals surface area contributed by atoms with Gasteiger partial charge in [-0.25, -0.2) is 0 Å². The number of rotatable bonds is 16. The smallest absolute Gasteiger partial charge is 0.0865 e. The van der Waals surface area contributed by atoms with Crippen molar-refractivity contribution in [1.82, 2.24) is 0 Å². The first-order valence-electron chi connectivity index (χ1n) is 18.0. The molecule has 0 amide bonds. The molecule has 4 heteroatoms. The zero-order valence-corrected chi connectivity index (χ0v) is 32.1. The van der Waals surface area contributed by atoms with Gasteiger partial charge in [-0.2, -0.15) is 0 Å². The van der Waals surface area contributed by atoms with Crippen molar-refractivity contribution in [3.8, 4) is 32.0 Å². The van der Waals surface area contributed by atoms with Gasteiger partial charge >= 0.3 is 0 Å². The van der Waals surface area contributed by atoms with Crippen LogP contribution in [0.2, 0.25) is 24.2 Å². The Morgan fingerprint density at radius 3 is 1.11 bits per heavy atom. The molecule has 3 heterocycles. The lowest BCUT2D eigenvalue weighted by Gasteiger charge is -2.54. The van der Waals surface area contributed by atoms with Crippen molar-refractivity contribution in [2.75, 3.05) is 0 Å². The minimum atomic E-state index is -1.90. The fourth-order valence-corrected chi connectivity index (χ4v) is 33.0. The largest absolute Gasteiger partial charge is 0.140 e. The summed E-state index contributed by atoms with van der Waals surface area (Å²) < 4.78 is 0. The van der Waals surface area contributed by atoms with Crippen molar-refractivity contribution < 1.29 is 0 Å². The third kappa shape index (κ3) is 6.30. The molecule has 0 atom stereocenters. The average molecular weight is 657 g/mol. The molecule has 5 rings (SSSR count). The lowest BCUT2D eigenvalue weighted by molar-refractivity contribution is 0.821. The maximum Gasteiger partial charge on any atom is 0.0865 e. The summed E-state index contributed by atoms with van der Waals surface area (Å²) in [6.45, 7) is 14.3. The lowest BCUT2D eigenvalue weighted by Crippen LogP contribution is -2.77. The molecule has 0 saturated heterocycles. The highest BCUT2D eigenvalue weighted by atomic mass is 32.1. The second kappa shape index (κ2) is 15.2. The maximum atomic E-state index is 2.78. The second-order valence-electron chi connectivity index (χ2n) is 13.3. The van der Waals surface area contributed by atoms with E-state index in [9.17, 15) is 0 Å².